The first-order chi connectivity index (χ1) is 9.57. The van der Waals surface area contributed by atoms with E-state index in [9.17, 15) is 9.90 Å². The van der Waals surface area contributed by atoms with Gasteiger partial charge in [0.25, 0.3) is 0 Å². The number of halogens is 1. The zero-order chi connectivity index (χ0) is 15.1. The molecule has 1 aromatic carbocycles. The van der Waals surface area contributed by atoms with Gasteiger partial charge in [0.05, 0.1) is 19.8 Å². The van der Waals surface area contributed by atoms with E-state index in [1.165, 1.54) is 0 Å². The summed E-state index contributed by atoms with van der Waals surface area (Å²) in [6.45, 7) is 4.28. The molecule has 1 unspecified atom stereocenters. The van der Waals surface area contributed by atoms with E-state index in [2.05, 4.69) is 0 Å². The number of aliphatic hydroxyl groups is 1. The molecule has 1 N–H and O–H groups in total. The number of methoxy groups -OCH3 is 1. The largest absolute Gasteiger partial charge is 0.496 e. The molecule has 0 radical (unpaired) electrons. The number of amides is 1. The minimum absolute atomic E-state index is 0.0612. The highest BCUT2D eigenvalue weighted by molar-refractivity contribution is 6.27. The first-order valence-electron chi connectivity index (χ1n) is 6.67. The molecule has 1 rings (SSSR count). The van der Waals surface area contributed by atoms with Crippen LogP contribution in [-0.2, 0) is 11.3 Å². The number of carbonyl (C=O) groups is 1. The number of rotatable bonds is 7. The highest BCUT2D eigenvalue weighted by Gasteiger charge is 2.21. The molecule has 1 atom stereocenters. The van der Waals surface area contributed by atoms with Gasteiger partial charge in [-0.25, -0.2) is 0 Å². The van der Waals surface area contributed by atoms with E-state index in [1.54, 1.807) is 12.0 Å². The molecule has 0 fully saturated rings. The van der Waals surface area contributed by atoms with Gasteiger partial charge in [0, 0.05) is 6.54 Å². The van der Waals surface area contributed by atoms with E-state index in [0.29, 0.717) is 13.0 Å². The summed E-state index contributed by atoms with van der Waals surface area (Å²) >= 11 is 5.66. The minimum atomic E-state index is -0.205. The van der Waals surface area contributed by atoms with Crippen molar-refractivity contribution in [2.24, 2.45) is 0 Å². The van der Waals surface area contributed by atoms with Gasteiger partial charge >= 0.3 is 0 Å². The fourth-order valence-electron chi connectivity index (χ4n) is 2.18. The molecular formula is C15H22ClNO3. The summed E-state index contributed by atoms with van der Waals surface area (Å²) in [6, 6.07) is 5.58. The van der Waals surface area contributed by atoms with Gasteiger partial charge in [0.1, 0.15) is 11.6 Å². The Bertz CT molecular complexity index is 447. The highest BCUT2D eigenvalue weighted by atomic mass is 35.5. The zero-order valence-corrected chi connectivity index (χ0v) is 13.0. The van der Waals surface area contributed by atoms with Crippen LogP contribution in [0.4, 0.5) is 0 Å². The molecule has 0 aliphatic carbocycles. The van der Waals surface area contributed by atoms with Crippen molar-refractivity contribution in [3.63, 3.8) is 0 Å². The number of nitrogens with zero attached hydrogens (tertiary/aromatic N) is 1. The summed E-state index contributed by atoms with van der Waals surface area (Å²) in [5.74, 6) is 0.574. The van der Waals surface area contributed by atoms with Crippen LogP contribution in [0.5, 0.6) is 5.75 Å². The van der Waals surface area contributed by atoms with Crippen LogP contribution >= 0.6 is 11.6 Å². The van der Waals surface area contributed by atoms with Crippen molar-refractivity contribution in [2.75, 3.05) is 19.6 Å². The van der Waals surface area contributed by atoms with E-state index in [-0.39, 0.29) is 24.4 Å². The third-order valence-corrected chi connectivity index (χ3v) is 3.60. The molecule has 1 amide bonds. The summed E-state index contributed by atoms with van der Waals surface area (Å²) in [5.41, 5.74) is 2.01. The molecule has 0 spiro atoms. The Hall–Kier alpha value is -1.26. The van der Waals surface area contributed by atoms with Gasteiger partial charge < -0.3 is 14.7 Å². The van der Waals surface area contributed by atoms with E-state index in [0.717, 1.165) is 16.9 Å². The van der Waals surface area contributed by atoms with Crippen LogP contribution in [0.15, 0.2) is 18.2 Å². The fraction of sp³-hybridized carbons (Fsp3) is 0.533. The molecule has 20 heavy (non-hydrogen) atoms. The lowest BCUT2D eigenvalue weighted by atomic mass is 10.1. The quantitative estimate of drug-likeness (QED) is 0.786. The van der Waals surface area contributed by atoms with Gasteiger partial charge in [0.2, 0.25) is 5.91 Å². The van der Waals surface area contributed by atoms with E-state index in [4.69, 9.17) is 16.3 Å². The number of aryl methyl sites for hydroxylation is 1. The first-order valence-corrected chi connectivity index (χ1v) is 7.20. The average Bonchev–Trinajstić information content (AvgIpc) is 2.46. The van der Waals surface area contributed by atoms with Crippen LogP contribution in [0, 0.1) is 6.92 Å². The lowest BCUT2D eigenvalue weighted by Gasteiger charge is -2.29. The zero-order valence-electron chi connectivity index (χ0n) is 12.2. The fourth-order valence-corrected chi connectivity index (χ4v) is 2.33. The first kappa shape index (κ1) is 16.8. The van der Waals surface area contributed by atoms with Crippen molar-refractivity contribution in [3.8, 4) is 5.75 Å². The predicted octanol–water partition coefficient (Wildman–Crippen LogP) is 2.34. The highest BCUT2D eigenvalue weighted by Crippen LogP contribution is 2.20. The summed E-state index contributed by atoms with van der Waals surface area (Å²) < 4.78 is 5.22. The Morgan fingerprint density at radius 1 is 1.50 bits per heavy atom. The molecule has 0 saturated heterocycles. The molecule has 5 heteroatoms. The number of alkyl halides is 1. The van der Waals surface area contributed by atoms with Crippen molar-refractivity contribution in [3.05, 3.63) is 29.3 Å². The number of benzene rings is 1. The third-order valence-electron chi connectivity index (χ3n) is 3.37. The van der Waals surface area contributed by atoms with Crippen molar-refractivity contribution in [1.29, 1.82) is 0 Å². The minimum Gasteiger partial charge on any atom is -0.496 e. The van der Waals surface area contributed by atoms with Crippen LogP contribution in [-0.4, -0.2) is 41.6 Å². The summed E-state index contributed by atoms with van der Waals surface area (Å²) in [6.07, 6.45) is 0.689. The van der Waals surface area contributed by atoms with E-state index in [1.807, 2.05) is 32.0 Å². The molecule has 0 bridgehead atoms. The van der Waals surface area contributed by atoms with Gasteiger partial charge in [0.15, 0.2) is 0 Å². The van der Waals surface area contributed by atoms with Crippen LogP contribution in [0.1, 0.15) is 24.5 Å². The molecule has 0 heterocycles. The number of carbonyl (C=O) groups excluding carboxylic acids is 1. The second-order valence-electron chi connectivity index (χ2n) is 4.70. The molecule has 0 aromatic heterocycles. The number of ether oxygens (including phenoxy) is 1. The van der Waals surface area contributed by atoms with Gasteiger partial charge in [-0.15, -0.1) is 11.6 Å². The maximum Gasteiger partial charge on any atom is 0.238 e. The molecular weight excluding hydrogens is 278 g/mol. The topological polar surface area (TPSA) is 49.8 Å². The van der Waals surface area contributed by atoms with Crippen LogP contribution in [0.3, 0.4) is 0 Å². The SMILES string of the molecule is CCC(CO)N(Cc1ccc(OC)c(C)c1)C(=O)CCl. The Morgan fingerprint density at radius 3 is 2.65 bits per heavy atom. The molecule has 1 aromatic rings. The molecule has 0 saturated carbocycles. The lowest BCUT2D eigenvalue weighted by molar-refractivity contribution is -0.132. The maximum absolute atomic E-state index is 11.9. The van der Waals surface area contributed by atoms with Crippen molar-refractivity contribution < 1.29 is 14.6 Å². The standard InChI is InChI=1S/C15H22ClNO3/c1-4-13(10-18)17(15(19)8-16)9-12-5-6-14(20-3)11(2)7-12/h5-7,13,18H,4,8-10H2,1-3H3. The lowest BCUT2D eigenvalue weighted by Crippen LogP contribution is -2.42. The number of hydrogen-bond acceptors (Lipinski definition) is 3. The predicted molar refractivity (Wildman–Crippen MR) is 80.2 cm³/mol. The third kappa shape index (κ3) is 4.12. The van der Waals surface area contributed by atoms with E-state index < -0.39 is 0 Å². The van der Waals surface area contributed by atoms with Gasteiger partial charge in [-0.3, -0.25) is 4.79 Å². The van der Waals surface area contributed by atoms with Crippen LogP contribution < -0.4 is 4.74 Å². The maximum atomic E-state index is 11.9. The van der Waals surface area contributed by atoms with Crippen molar-refractivity contribution in [1.82, 2.24) is 4.90 Å². The smallest absolute Gasteiger partial charge is 0.238 e. The Kier molecular flexibility index (Phi) is 6.82. The summed E-state index contributed by atoms with van der Waals surface area (Å²) in [4.78, 5) is 13.6. The molecule has 0 aliphatic heterocycles. The van der Waals surface area contributed by atoms with Crippen molar-refractivity contribution in [2.45, 2.75) is 32.9 Å². The van der Waals surface area contributed by atoms with Crippen LogP contribution in [0.2, 0.25) is 0 Å². The second kappa shape index (κ2) is 8.12. The van der Waals surface area contributed by atoms with Crippen LogP contribution in [0.25, 0.3) is 0 Å². The Labute approximate surface area is 125 Å². The normalized spacial score (nSPS) is 12.1. The molecule has 112 valence electrons. The van der Waals surface area contributed by atoms with Gasteiger partial charge in [-0.1, -0.05) is 19.1 Å². The Morgan fingerprint density at radius 2 is 2.20 bits per heavy atom. The second-order valence-corrected chi connectivity index (χ2v) is 4.97. The average molecular weight is 300 g/mol. The summed E-state index contributed by atoms with van der Waals surface area (Å²) in [7, 11) is 1.63. The summed E-state index contributed by atoms with van der Waals surface area (Å²) in [5, 5.41) is 9.40. The molecule has 4 nitrogen and oxygen atoms in total. The van der Waals surface area contributed by atoms with E-state index >= 15 is 0 Å². The van der Waals surface area contributed by atoms with Crippen molar-refractivity contribution >= 4 is 17.5 Å². The number of hydrogen-bond donors (Lipinski definition) is 1. The molecule has 0 aliphatic rings. The van der Waals surface area contributed by atoms with Gasteiger partial charge in [-0.05, 0) is 30.5 Å². The monoisotopic (exact) mass is 299 g/mol. The van der Waals surface area contributed by atoms with Gasteiger partial charge in [-0.2, -0.15) is 0 Å². The number of aliphatic hydroxyl groups excluding tert-OH is 1. The Balaban J connectivity index is 2.94.